The zero-order valence-electron chi connectivity index (χ0n) is 8.15. The first kappa shape index (κ1) is 12.3. The lowest BCUT2D eigenvalue weighted by atomic mass is 10.3. The molecule has 0 aliphatic rings. The molecular weight excluding hydrogens is 286 g/mol. The molecule has 0 atom stereocenters. The van der Waals surface area contributed by atoms with Crippen molar-refractivity contribution in [1.82, 2.24) is 0 Å². The van der Waals surface area contributed by atoms with Crippen LogP contribution in [0, 0.1) is 0 Å². The van der Waals surface area contributed by atoms with Gasteiger partial charge in [-0.25, -0.2) is 13.6 Å². The highest BCUT2D eigenvalue weighted by molar-refractivity contribution is 9.10. The van der Waals surface area contributed by atoms with E-state index in [4.69, 9.17) is 14.6 Å². The fourth-order valence-corrected chi connectivity index (χ4v) is 2.42. The van der Waals surface area contributed by atoms with Crippen LogP contribution < -0.4 is 14.6 Å². The molecule has 0 radical (unpaired) electrons. The Balaban J connectivity index is 3.48. The van der Waals surface area contributed by atoms with Crippen molar-refractivity contribution in [3.05, 3.63) is 16.6 Å². The van der Waals surface area contributed by atoms with Crippen molar-refractivity contribution < 1.29 is 17.9 Å². The van der Waals surface area contributed by atoms with E-state index in [0.717, 1.165) is 0 Å². The van der Waals surface area contributed by atoms with E-state index in [1.165, 1.54) is 26.4 Å². The predicted octanol–water partition coefficient (Wildman–Crippen LogP) is 1.11. The Bertz CT molecular complexity index is 472. The Morgan fingerprint density at radius 1 is 1.20 bits per heavy atom. The molecule has 5 nitrogen and oxygen atoms in total. The summed E-state index contributed by atoms with van der Waals surface area (Å²) in [5.74, 6) is 0.622. The molecule has 0 aliphatic carbocycles. The van der Waals surface area contributed by atoms with Gasteiger partial charge in [-0.3, -0.25) is 0 Å². The predicted molar refractivity (Wildman–Crippen MR) is 58.6 cm³/mol. The number of ether oxygens (including phenoxy) is 2. The third-order valence-electron chi connectivity index (χ3n) is 1.74. The second-order valence-electron chi connectivity index (χ2n) is 2.68. The Labute approximate surface area is 96.4 Å². The maximum atomic E-state index is 11.2. The summed E-state index contributed by atoms with van der Waals surface area (Å²) in [5.41, 5.74) is 0. The summed E-state index contributed by atoms with van der Waals surface area (Å²) in [6, 6.07) is 2.79. The van der Waals surface area contributed by atoms with E-state index in [1.807, 2.05) is 0 Å². The number of rotatable bonds is 3. The minimum Gasteiger partial charge on any atom is -0.495 e. The van der Waals surface area contributed by atoms with Crippen LogP contribution in [0.2, 0.25) is 0 Å². The third kappa shape index (κ3) is 2.61. The van der Waals surface area contributed by atoms with Gasteiger partial charge in [0, 0.05) is 6.07 Å². The summed E-state index contributed by atoms with van der Waals surface area (Å²) < 4.78 is 32.8. The van der Waals surface area contributed by atoms with Crippen molar-refractivity contribution in [1.29, 1.82) is 0 Å². The van der Waals surface area contributed by atoms with Crippen molar-refractivity contribution >= 4 is 26.0 Å². The fourth-order valence-electron chi connectivity index (χ4n) is 1.05. The van der Waals surface area contributed by atoms with Crippen molar-refractivity contribution in [2.75, 3.05) is 14.2 Å². The monoisotopic (exact) mass is 295 g/mol. The molecule has 0 saturated carbocycles. The van der Waals surface area contributed by atoms with Gasteiger partial charge < -0.3 is 9.47 Å². The van der Waals surface area contributed by atoms with Crippen LogP contribution in [0.4, 0.5) is 0 Å². The van der Waals surface area contributed by atoms with E-state index >= 15 is 0 Å². The lowest BCUT2D eigenvalue weighted by Gasteiger charge is -2.10. The summed E-state index contributed by atoms with van der Waals surface area (Å²) in [6.45, 7) is 0. The molecule has 0 fully saturated rings. The fraction of sp³-hybridized carbons (Fsp3) is 0.250. The minimum absolute atomic E-state index is 0.0855. The van der Waals surface area contributed by atoms with Crippen LogP contribution in [-0.4, -0.2) is 22.6 Å². The van der Waals surface area contributed by atoms with Gasteiger partial charge in [0.2, 0.25) is 10.0 Å². The summed E-state index contributed by atoms with van der Waals surface area (Å²) in [4.78, 5) is -0.0855. The van der Waals surface area contributed by atoms with Gasteiger partial charge in [0.15, 0.2) is 0 Å². The molecule has 0 amide bonds. The van der Waals surface area contributed by atoms with E-state index in [0.29, 0.717) is 10.2 Å². The first-order valence-corrected chi connectivity index (χ1v) is 6.18. The van der Waals surface area contributed by atoms with E-state index in [2.05, 4.69) is 15.9 Å². The number of hydrogen-bond donors (Lipinski definition) is 1. The molecule has 0 heterocycles. The van der Waals surface area contributed by atoms with Crippen molar-refractivity contribution in [2.45, 2.75) is 4.90 Å². The van der Waals surface area contributed by atoms with Gasteiger partial charge in [0.1, 0.15) is 16.4 Å². The number of primary sulfonamides is 1. The molecule has 0 saturated heterocycles. The smallest absolute Gasteiger partial charge is 0.241 e. The van der Waals surface area contributed by atoms with Crippen LogP contribution in [0.1, 0.15) is 0 Å². The second-order valence-corrected chi connectivity index (χ2v) is 5.07. The summed E-state index contributed by atoms with van der Waals surface area (Å²) >= 11 is 3.16. The topological polar surface area (TPSA) is 78.6 Å². The van der Waals surface area contributed by atoms with E-state index in [-0.39, 0.29) is 10.6 Å². The largest absolute Gasteiger partial charge is 0.495 e. The van der Waals surface area contributed by atoms with Crippen LogP contribution in [0.25, 0.3) is 0 Å². The van der Waals surface area contributed by atoms with E-state index in [9.17, 15) is 8.42 Å². The van der Waals surface area contributed by atoms with Crippen LogP contribution in [-0.2, 0) is 10.0 Å². The zero-order chi connectivity index (χ0) is 11.6. The highest BCUT2D eigenvalue weighted by Crippen LogP contribution is 2.34. The third-order valence-corrected chi connectivity index (χ3v) is 3.30. The number of halogens is 1. The van der Waals surface area contributed by atoms with Crippen LogP contribution in [0.15, 0.2) is 21.5 Å². The second kappa shape index (κ2) is 4.38. The molecule has 84 valence electrons. The lowest BCUT2D eigenvalue weighted by molar-refractivity contribution is 0.384. The Hall–Kier alpha value is -0.790. The average Bonchev–Trinajstić information content (AvgIpc) is 2.16. The Morgan fingerprint density at radius 2 is 1.73 bits per heavy atom. The Kier molecular flexibility index (Phi) is 3.58. The maximum Gasteiger partial charge on any atom is 0.241 e. The minimum atomic E-state index is -3.80. The molecule has 0 aromatic heterocycles. The number of hydrogen-bond acceptors (Lipinski definition) is 4. The van der Waals surface area contributed by atoms with Crippen molar-refractivity contribution in [2.24, 2.45) is 5.14 Å². The van der Waals surface area contributed by atoms with Gasteiger partial charge in [0.05, 0.1) is 18.7 Å². The maximum absolute atomic E-state index is 11.2. The highest BCUT2D eigenvalue weighted by atomic mass is 79.9. The van der Waals surface area contributed by atoms with E-state index < -0.39 is 10.0 Å². The zero-order valence-corrected chi connectivity index (χ0v) is 10.6. The van der Waals surface area contributed by atoms with E-state index in [1.54, 1.807) is 0 Å². The van der Waals surface area contributed by atoms with Gasteiger partial charge in [-0.2, -0.15) is 0 Å². The summed E-state index contributed by atoms with van der Waals surface area (Å²) in [7, 11) is -0.977. The molecule has 0 spiro atoms. The SMILES string of the molecule is COc1cc(OC)c(S(N)(=O)=O)cc1Br. The van der Waals surface area contributed by atoms with Gasteiger partial charge in [-0.1, -0.05) is 0 Å². The molecule has 1 aromatic rings. The van der Waals surface area contributed by atoms with Gasteiger partial charge in [0.25, 0.3) is 0 Å². The highest BCUT2D eigenvalue weighted by Gasteiger charge is 2.18. The number of nitrogens with two attached hydrogens (primary N) is 1. The first-order valence-electron chi connectivity index (χ1n) is 3.84. The van der Waals surface area contributed by atoms with Crippen LogP contribution in [0.3, 0.4) is 0 Å². The molecular formula is C8H10BrNO4S. The van der Waals surface area contributed by atoms with Gasteiger partial charge in [-0.05, 0) is 22.0 Å². The van der Waals surface area contributed by atoms with Gasteiger partial charge >= 0.3 is 0 Å². The summed E-state index contributed by atoms with van der Waals surface area (Å²) in [6.07, 6.45) is 0. The van der Waals surface area contributed by atoms with Crippen LogP contribution in [0.5, 0.6) is 11.5 Å². The number of benzene rings is 1. The standard InChI is InChI=1S/C8H10BrNO4S/c1-13-6-4-7(14-2)8(3-5(6)9)15(10,11)12/h3-4H,1-2H3,(H2,10,11,12). The van der Waals surface area contributed by atoms with Gasteiger partial charge in [-0.15, -0.1) is 0 Å². The average molecular weight is 296 g/mol. The van der Waals surface area contributed by atoms with Crippen molar-refractivity contribution in [3.63, 3.8) is 0 Å². The Morgan fingerprint density at radius 3 is 2.13 bits per heavy atom. The molecule has 1 aromatic carbocycles. The molecule has 0 unspecified atom stereocenters. The molecule has 1 rings (SSSR count). The molecule has 15 heavy (non-hydrogen) atoms. The van der Waals surface area contributed by atoms with Crippen molar-refractivity contribution in [3.8, 4) is 11.5 Å². The first-order chi connectivity index (χ1) is 6.90. The quantitative estimate of drug-likeness (QED) is 0.906. The number of methoxy groups -OCH3 is 2. The number of sulfonamides is 1. The molecule has 2 N–H and O–H groups in total. The summed E-state index contributed by atoms with van der Waals surface area (Å²) in [5, 5.41) is 5.02. The molecule has 0 aliphatic heterocycles. The molecule has 7 heteroatoms. The van der Waals surface area contributed by atoms with Crippen LogP contribution >= 0.6 is 15.9 Å². The lowest BCUT2D eigenvalue weighted by Crippen LogP contribution is -2.13. The normalized spacial score (nSPS) is 11.2. The molecule has 0 bridgehead atoms.